The molecule has 13 nitrogen and oxygen atoms in total. The van der Waals surface area contributed by atoms with Crippen molar-refractivity contribution in [1.29, 1.82) is 5.26 Å². The second-order valence-corrected chi connectivity index (χ2v) is 18.1. The topological polar surface area (TPSA) is 140 Å². The number of phenolic OH excluding ortho intramolecular Hbond substituents is 1. The molecule has 9 rings (SSSR count). The van der Waals surface area contributed by atoms with Crippen LogP contribution in [0.2, 0.25) is 0 Å². The van der Waals surface area contributed by atoms with Crippen LogP contribution in [0.3, 0.4) is 0 Å². The number of nitriles is 1. The van der Waals surface area contributed by atoms with E-state index >= 15 is 9.59 Å². The number of fused-ring (bicyclic) bond motifs is 2. The number of nitrogens with zero attached hydrogens (tertiary/aromatic N) is 8. The molecule has 3 aliphatic rings. The quantitative estimate of drug-likeness (QED) is 0.132. The van der Waals surface area contributed by atoms with Crippen molar-refractivity contribution >= 4 is 29.1 Å². The van der Waals surface area contributed by atoms with Gasteiger partial charge in [-0.25, -0.2) is 4.98 Å². The fourth-order valence-electron chi connectivity index (χ4n) is 9.47. The monoisotopic (exact) mass is 884 g/mol. The minimum atomic E-state index is -0.325. The lowest BCUT2D eigenvalue weighted by Crippen LogP contribution is -2.43. The van der Waals surface area contributed by atoms with Crippen molar-refractivity contribution in [2.45, 2.75) is 78.0 Å². The van der Waals surface area contributed by atoms with Crippen LogP contribution in [0, 0.1) is 25.2 Å². The number of hydrogen-bond acceptors (Lipinski definition) is 8. The summed E-state index contributed by atoms with van der Waals surface area (Å²) >= 11 is 0. The fourth-order valence-corrected chi connectivity index (χ4v) is 9.47. The zero-order chi connectivity index (χ0) is 46.4. The Morgan fingerprint density at radius 3 is 2.33 bits per heavy atom. The SMILES string of the molecule is Cc1c(N(C(=O)c2cc(-c3cc4c(cc3C(=O)N3Cc5ccccc5C[C@H]3C)CN(C(=O)Cc3ccc(OCCN(C)C5CC5)nc3)CC4)n(C)c2C)c2ccc(O)cc2)cc(C#N)n1C. The number of likely N-dealkylation sites (N-methyl/N-ethyl adjacent to an activating group) is 1. The van der Waals surface area contributed by atoms with E-state index in [-0.39, 0.29) is 35.9 Å². The zero-order valence-electron chi connectivity index (χ0n) is 38.5. The highest BCUT2D eigenvalue weighted by Crippen LogP contribution is 2.38. The van der Waals surface area contributed by atoms with Crippen molar-refractivity contribution in [2.24, 2.45) is 14.1 Å². The van der Waals surface area contributed by atoms with E-state index in [4.69, 9.17) is 4.74 Å². The van der Waals surface area contributed by atoms with Gasteiger partial charge in [0.1, 0.15) is 24.1 Å². The highest BCUT2D eigenvalue weighted by molar-refractivity contribution is 6.13. The molecular weight excluding hydrogens is 829 g/mol. The Labute approximate surface area is 386 Å². The highest BCUT2D eigenvalue weighted by atomic mass is 16.5. The largest absolute Gasteiger partial charge is 0.508 e. The molecule has 3 amide bonds. The van der Waals surface area contributed by atoms with Gasteiger partial charge in [-0.05, 0) is 130 Å². The van der Waals surface area contributed by atoms with Crippen LogP contribution in [0.1, 0.15) is 85.4 Å². The third-order valence-electron chi connectivity index (χ3n) is 13.9. The first kappa shape index (κ1) is 44.1. The normalized spacial score (nSPS) is 15.6. The van der Waals surface area contributed by atoms with Gasteiger partial charge < -0.3 is 33.7 Å². The van der Waals surface area contributed by atoms with Crippen LogP contribution < -0.4 is 9.64 Å². The summed E-state index contributed by atoms with van der Waals surface area (Å²) in [7, 11) is 5.81. The molecule has 2 aliphatic heterocycles. The first-order chi connectivity index (χ1) is 31.8. The van der Waals surface area contributed by atoms with Crippen molar-refractivity contribution < 1.29 is 24.2 Å². The summed E-state index contributed by atoms with van der Waals surface area (Å²) in [4.78, 5) is 56.2. The number of aromatic nitrogens is 3. The summed E-state index contributed by atoms with van der Waals surface area (Å²) in [5.74, 6) is 0.143. The van der Waals surface area contributed by atoms with E-state index in [0.29, 0.717) is 89.7 Å². The molecule has 0 saturated heterocycles. The maximum atomic E-state index is 15.2. The minimum absolute atomic E-state index is 0.0182. The van der Waals surface area contributed by atoms with Crippen LogP contribution in [-0.2, 0) is 51.2 Å². The van der Waals surface area contributed by atoms with E-state index in [2.05, 4.69) is 48.1 Å². The molecule has 13 heteroatoms. The number of carbonyl (C=O) groups is 3. The highest BCUT2D eigenvalue weighted by Gasteiger charge is 2.34. The van der Waals surface area contributed by atoms with E-state index in [0.717, 1.165) is 40.9 Å². The number of phenols is 1. The summed E-state index contributed by atoms with van der Waals surface area (Å²) in [5, 5.41) is 20.1. The van der Waals surface area contributed by atoms with Crippen molar-refractivity contribution in [1.82, 2.24) is 28.8 Å². The number of benzene rings is 3. The van der Waals surface area contributed by atoms with Crippen LogP contribution in [0.15, 0.2) is 91.1 Å². The van der Waals surface area contributed by atoms with Gasteiger partial charge in [0, 0.05) is 98.5 Å². The molecule has 1 saturated carbocycles. The summed E-state index contributed by atoms with van der Waals surface area (Å²) < 4.78 is 9.59. The number of amides is 3. The number of rotatable bonds is 12. The Bertz CT molecular complexity index is 2890. The molecule has 0 radical (unpaired) electrons. The molecule has 1 fully saturated rings. The van der Waals surface area contributed by atoms with Crippen LogP contribution >= 0.6 is 0 Å². The van der Waals surface area contributed by atoms with Gasteiger partial charge in [-0.1, -0.05) is 30.3 Å². The first-order valence-electron chi connectivity index (χ1n) is 22.8. The van der Waals surface area contributed by atoms with Gasteiger partial charge in [0.25, 0.3) is 11.8 Å². The molecule has 5 heterocycles. The summed E-state index contributed by atoms with van der Waals surface area (Å²) in [5.41, 5.74) is 10.3. The predicted octanol–water partition coefficient (Wildman–Crippen LogP) is 7.79. The molecule has 1 N–H and O–H groups in total. The van der Waals surface area contributed by atoms with Gasteiger partial charge in [-0.3, -0.25) is 19.3 Å². The van der Waals surface area contributed by atoms with Crippen molar-refractivity contribution in [3.63, 3.8) is 0 Å². The summed E-state index contributed by atoms with van der Waals surface area (Å²) in [6.45, 7) is 8.57. The van der Waals surface area contributed by atoms with Crippen LogP contribution in [0.25, 0.3) is 11.3 Å². The fraction of sp³-hybridized carbons (Fsp3) is 0.340. The van der Waals surface area contributed by atoms with Crippen LogP contribution in [0.5, 0.6) is 11.6 Å². The average Bonchev–Trinajstić information content (AvgIpc) is 4.09. The molecule has 0 bridgehead atoms. The van der Waals surface area contributed by atoms with Crippen molar-refractivity contribution in [2.75, 3.05) is 31.6 Å². The number of carbonyl (C=O) groups excluding carboxylic acids is 3. The average molecular weight is 885 g/mol. The van der Waals surface area contributed by atoms with E-state index in [9.17, 15) is 15.2 Å². The van der Waals surface area contributed by atoms with Crippen molar-refractivity contribution in [3.05, 3.63) is 147 Å². The molecule has 338 valence electrons. The first-order valence-corrected chi connectivity index (χ1v) is 22.8. The third kappa shape index (κ3) is 8.56. The van der Waals surface area contributed by atoms with Gasteiger partial charge >= 0.3 is 0 Å². The lowest BCUT2D eigenvalue weighted by atomic mass is 9.89. The van der Waals surface area contributed by atoms with Gasteiger partial charge in [0.05, 0.1) is 17.7 Å². The number of ether oxygens (including phenoxy) is 1. The molecule has 3 aromatic heterocycles. The van der Waals surface area contributed by atoms with Crippen LogP contribution in [-0.4, -0.2) is 90.5 Å². The maximum Gasteiger partial charge on any atom is 0.264 e. The Kier molecular flexibility index (Phi) is 12.0. The molecule has 1 atom stereocenters. The molecule has 1 aliphatic carbocycles. The molecule has 66 heavy (non-hydrogen) atoms. The summed E-state index contributed by atoms with van der Waals surface area (Å²) in [6, 6.07) is 28.8. The number of hydrogen-bond donors (Lipinski definition) is 1. The molecule has 6 aromatic rings. The molecule has 3 aromatic carbocycles. The summed E-state index contributed by atoms with van der Waals surface area (Å²) in [6.07, 6.45) is 5.73. The van der Waals surface area contributed by atoms with E-state index in [1.807, 2.05) is 71.7 Å². The van der Waals surface area contributed by atoms with E-state index in [1.165, 1.54) is 30.5 Å². The predicted molar refractivity (Wildman–Crippen MR) is 253 cm³/mol. The van der Waals surface area contributed by atoms with E-state index < -0.39 is 0 Å². The minimum Gasteiger partial charge on any atom is -0.508 e. The van der Waals surface area contributed by atoms with Gasteiger partial charge in [0.15, 0.2) is 0 Å². The molecule has 0 unspecified atom stereocenters. The third-order valence-corrected chi connectivity index (χ3v) is 13.9. The smallest absolute Gasteiger partial charge is 0.264 e. The number of pyridine rings is 1. The zero-order valence-corrected chi connectivity index (χ0v) is 38.5. The van der Waals surface area contributed by atoms with Gasteiger partial charge in [-0.2, -0.15) is 5.26 Å². The second kappa shape index (κ2) is 18.0. The Morgan fingerprint density at radius 1 is 0.879 bits per heavy atom. The Hall–Kier alpha value is -7.17. The lowest BCUT2D eigenvalue weighted by Gasteiger charge is -2.36. The number of anilines is 2. The standard InChI is InChI=1S/C53H56N8O5/c1-33-23-37-9-7-8-10-39(37)32-60(33)52(64)47-26-40-31-59(51(63)24-36-11-18-50(55-30-36)66-22-21-56(4)41-12-13-41)20-19-38(40)25-46(47)49-28-45(34(2)58(49)6)53(65)61(42-14-16-44(62)17-15-42)48-27-43(29-54)57(5)35(48)3/h7-11,14-18,25-28,30,33,41,62H,12-13,19-24,31-32H2,1-6H3/t33-/m1/s1. The van der Waals surface area contributed by atoms with E-state index in [1.54, 1.807) is 40.9 Å². The lowest BCUT2D eigenvalue weighted by molar-refractivity contribution is -0.131. The van der Waals surface area contributed by atoms with Crippen LogP contribution in [0.4, 0.5) is 11.4 Å². The molecule has 0 spiro atoms. The van der Waals surface area contributed by atoms with Crippen molar-refractivity contribution in [3.8, 4) is 29.0 Å². The Morgan fingerprint density at radius 2 is 1.64 bits per heavy atom. The second-order valence-electron chi connectivity index (χ2n) is 18.1. The Balaban J connectivity index is 1.04. The van der Waals surface area contributed by atoms with Gasteiger partial charge in [0.2, 0.25) is 11.8 Å². The van der Waals surface area contributed by atoms with Gasteiger partial charge in [-0.15, -0.1) is 0 Å². The number of aromatic hydroxyl groups is 1. The maximum absolute atomic E-state index is 15.2. The molecular formula is C53H56N8O5.